The van der Waals surface area contributed by atoms with Gasteiger partial charge in [-0.2, -0.15) is 11.8 Å². The summed E-state index contributed by atoms with van der Waals surface area (Å²) in [4.78, 5) is 15.0. The predicted octanol–water partition coefficient (Wildman–Crippen LogP) is 3.00. The van der Waals surface area contributed by atoms with E-state index in [1.54, 1.807) is 0 Å². The lowest BCUT2D eigenvalue weighted by Gasteiger charge is -2.41. The monoisotopic (exact) mass is 296 g/mol. The Kier molecular flexibility index (Phi) is 4.61. The highest BCUT2D eigenvalue weighted by molar-refractivity contribution is 7.99. The van der Waals surface area contributed by atoms with Crippen LogP contribution in [0.3, 0.4) is 0 Å². The quantitative estimate of drug-likeness (QED) is 0.869. The predicted molar refractivity (Wildman–Crippen MR) is 84.7 cm³/mol. The van der Waals surface area contributed by atoms with Gasteiger partial charge in [0, 0.05) is 11.3 Å². The van der Waals surface area contributed by atoms with Gasteiger partial charge in [-0.3, -0.25) is 10.1 Å². The molecule has 2 aliphatic carbocycles. The average Bonchev–Trinajstić information content (AvgIpc) is 3.08. The van der Waals surface area contributed by atoms with Crippen LogP contribution >= 0.6 is 11.8 Å². The van der Waals surface area contributed by atoms with Crippen molar-refractivity contribution < 1.29 is 4.79 Å². The lowest BCUT2D eigenvalue weighted by atomic mass is 9.92. The summed E-state index contributed by atoms with van der Waals surface area (Å²) in [6, 6.07) is 0.485. The van der Waals surface area contributed by atoms with Crippen molar-refractivity contribution in [2.24, 2.45) is 5.92 Å². The number of nitrogens with zero attached hydrogens (tertiary/aromatic N) is 1. The molecule has 3 nitrogen and oxygen atoms in total. The molecule has 20 heavy (non-hydrogen) atoms. The third-order valence-corrected chi connectivity index (χ3v) is 6.67. The van der Waals surface area contributed by atoms with Crippen LogP contribution in [0, 0.1) is 5.92 Å². The molecular weight excluding hydrogens is 268 g/mol. The average molecular weight is 296 g/mol. The fourth-order valence-corrected chi connectivity index (χ4v) is 5.43. The normalized spacial score (nSPS) is 39.7. The Labute approximate surface area is 127 Å². The highest BCUT2D eigenvalue weighted by Gasteiger charge is 2.46. The molecule has 1 saturated heterocycles. The number of amides is 1. The second-order valence-electron chi connectivity index (χ2n) is 6.75. The van der Waals surface area contributed by atoms with Crippen LogP contribution in [0.5, 0.6) is 0 Å². The van der Waals surface area contributed by atoms with E-state index in [2.05, 4.69) is 16.5 Å². The van der Waals surface area contributed by atoms with E-state index in [-0.39, 0.29) is 6.04 Å². The maximum Gasteiger partial charge on any atom is 0.241 e. The van der Waals surface area contributed by atoms with Crippen LogP contribution in [0.15, 0.2) is 0 Å². The SMILES string of the molecule is CSC1CCCCC1N1C(=O)C(C)NC1C1CCCC1. The van der Waals surface area contributed by atoms with E-state index in [9.17, 15) is 4.79 Å². The summed E-state index contributed by atoms with van der Waals surface area (Å²) in [5.41, 5.74) is 0. The second kappa shape index (κ2) is 6.27. The van der Waals surface area contributed by atoms with Crippen LogP contribution in [0.4, 0.5) is 0 Å². The second-order valence-corrected chi connectivity index (χ2v) is 7.83. The Hall–Kier alpha value is -0.220. The Morgan fingerprint density at radius 2 is 1.75 bits per heavy atom. The molecule has 0 aromatic heterocycles. The van der Waals surface area contributed by atoms with Crippen LogP contribution in [-0.2, 0) is 4.79 Å². The molecule has 4 unspecified atom stereocenters. The fourth-order valence-electron chi connectivity index (χ4n) is 4.44. The zero-order valence-electron chi connectivity index (χ0n) is 12.8. The van der Waals surface area contributed by atoms with E-state index in [1.165, 1.54) is 51.4 Å². The van der Waals surface area contributed by atoms with Crippen molar-refractivity contribution in [3.05, 3.63) is 0 Å². The van der Waals surface area contributed by atoms with Crippen molar-refractivity contribution >= 4 is 17.7 Å². The number of hydrogen-bond acceptors (Lipinski definition) is 3. The van der Waals surface area contributed by atoms with E-state index in [4.69, 9.17) is 0 Å². The van der Waals surface area contributed by atoms with Crippen LogP contribution < -0.4 is 5.32 Å². The summed E-state index contributed by atoms with van der Waals surface area (Å²) in [6.45, 7) is 2.04. The maximum absolute atomic E-state index is 12.7. The third kappa shape index (κ3) is 2.61. The molecule has 0 spiro atoms. The maximum atomic E-state index is 12.7. The molecule has 0 bridgehead atoms. The van der Waals surface area contributed by atoms with Gasteiger partial charge < -0.3 is 4.90 Å². The zero-order valence-corrected chi connectivity index (χ0v) is 13.6. The number of thioether (sulfide) groups is 1. The van der Waals surface area contributed by atoms with Gasteiger partial charge in [-0.05, 0) is 44.8 Å². The van der Waals surface area contributed by atoms with Crippen molar-refractivity contribution in [2.75, 3.05) is 6.26 Å². The summed E-state index contributed by atoms with van der Waals surface area (Å²) in [5.74, 6) is 1.04. The molecule has 3 aliphatic rings. The smallest absolute Gasteiger partial charge is 0.241 e. The van der Waals surface area contributed by atoms with Crippen molar-refractivity contribution in [1.29, 1.82) is 0 Å². The first-order valence-corrected chi connectivity index (χ1v) is 9.62. The van der Waals surface area contributed by atoms with E-state index in [0.717, 1.165) is 0 Å². The molecule has 0 aromatic rings. The van der Waals surface area contributed by atoms with Gasteiger partial charge >= 0.3 is 0 Å². The summed E-state index contributed by atoms with van der Waals surface area (Å²) in [6.07, 6.45) is 12.9. The third-order valence-electron chi connectivity index (χ3n) is 5.52. The van der Waals surface area contributed by atoms with E-state index >= 15 is 0 Å². The molecule has 1 aliphatic heterocycles. The van der Waals surface area contributed by atoms with Gasteiger partial charge in [0.05, 0.1) is 12.2 Å². The topological polar surface area (TPSA) is 32.3 Å². The Balaban J connectivity index is 1.80. The highest BCUT2D eigenvalue weighted by Crippen LogP contribution is 2.38. The Bertz CT molecular complexity index is 352. The van der Waals surface area contributed by atoms with Crippen LogP contribution in [0.1, 0.15) is 58.3 Å². The van der Waals surface area contributed by atoms with Crippen LogP contribution in [0.2, 0.25) is 0 Å². The molecule has 2 saturated carbocycles. The van der Waals surface area contributed by atoms with E-state index in [1.807, 2.05) is 18.7 Å². The summed E-state index contributed by atoms with van der Waals surface area (Å²) >= 11 is 1.97. The number of carbonyl (C=O) groups excluding carboxylic acids is 1. The number of hydrogen-bond donors (Lipinski definition) is 1. The Morgan fingerprint density at radius 1 is 1.10 bits per heavy atom. The minimum absolute atomic E-state index is 0.0185. The first-order chi connectivity index (χ1) is 9.72. The van der Waals surface area contributed by atoms with Crippen molar-refractivity contribution in [1.82, 2.24) is 10.2 Å². The molecule has 4 atom stereocenters. The number of nitrogens with one attached hydrogen (secondary N) is 1. The van der Waals surface area contributed by atoms with Gasteiger partial charge in [0.15, 0.2) is 0 Å². The summed E-state index contributed by atoms with van der Waals surface area (Å²) in [7, 11) is 0. The minimum Gasteiger partial charge on any atom is -0.321 e. The van der Waals surface area contributed by atoms with Gasteiger partial charge in [-0.25, -0.2) is 0 Å². The van der Waals surface area contributed by atoms with E-state index < -0.39 is 0 Å². The summed E-state index contributed by atoms with van der Waals surface area (Å²) < 4.78 is 0. The lowest BCUT2D eigenvalue weighted by Crippen LogP contribution is -2.52. The first-order valence-electron chi connectivity index (χ1n) is 8.33. The molecule has 1 heterocycles. The number of carbonyl (C=O) groups is 1. The molecule has 0 radical (unpaired) electrons. The molecule has 3 rings (SSSR count). The van der Waals surface area contributed by atoms with Gasteiger partial charge in [-0.15, -0.1) is 0 Å². The molecular formula is C16H28N2OS. The van der Waals surface area contributed by atoms with E-state index in [0.29, 0.717) is 29.3 Å². The molecule has 1 amide bonds. The molecule has 0 aromatic carbocycles. The summed E-state index contributed by atoms with van der Waals surface area (Å²) in [5, 5.41) is 4.25. The fraction of sp³-hybridized carbons (Fsp3) is 0.938. The standard InChI is InChI=1S/C16H28N2OS/c1-11-16(19)18(13-9-5-6-10-14(13)20-2)15(17-11)12-7-3-4-8-12/h11-15,17H,3-10H2,1-2H3. The van der Waals surface area contributed by atoms with Crippen LogP contribution in [0.25, 0.3) is 0 Å². The van der Waals surface area contributed by atoms with Gasteiger partial charge in [0.2, 0.25) is 5.91 Å². The molecule has 1 N–H and O–H groups in total. The Morgan fingerprint density at radius 3 is 2.45 bits per heavy atom. The van der Waals surface area contributed by atoms with Crippen molar-refractivity contribution in [3.8, 4) is 0 Å². The highest BCUT2D eigenvalue weighted by atomic mass is 32.2. The first kappa shape index (κ1) is 14.7. The zero-order chi connectivity index (χ0) is 14.1. The van der Waals surface area contributed by atoms with Gasteiger partial charge in [0.1, 0.15) is 0 Å². The number of rotatable bonds is 3. The van der Waals surface area contributed by atoms with Gasteiger partial charge in [-0.1, -0.05) is 25.7 Å². The van der Waals surface area contributed by atoms with Crippen molar-refractivity contribution in [3.63, 3.8) is 0 Å². The molecule has 114 valence electrons. The molecule has 4 heteroatoms. The minimum atomic E-state index is 0.0185. The molecule has 3 fully saturated rings. The van der Waals surface area contributed by atoms with Gasteiger partial charge in [0.25, 0.3) is 0 Å². The largest absolute Gasteiger partial charge is 0.321 e. The van der Waals surface area contributed by atoms with Crippen molar-refractivity contribution in [2.45, 2.75) is 81.8 Å². The van der Waals surface area contributed by atoms with Crippen LogP contribution in [-0.4, -0.2) is 40.6 Å². The lowest BCUT2D eigenvalue weighted by molar-refractivity contribution is -0.133.